The van der Waals surface area contributed by atoms with Gasteiger partial charge >= 0.3 is 0 Å². The molecule has 1 unspecified atom stereocenters. The summed E-state index contributed by atoms with van der Waals surface area (Å²) < 4.78 is 10.4. The van der Waals surface area contributed by atoms with Crippen molar-refractivity contribution in [1.82, 2.24) is 0 Å². The number of anilines is 1. The Morgan fingerprint density at radius 3 is 2.24 bits per heavy atom. The Balaban J connectivity index is 0.00000312. The topological polar surface area (TPSA) is 64.8 Å². The maximum Gasteiger partial charge on any atom is 0.229 e. The number of carbonyl (C=O) groups is 1. The number of nitrogens with zero attached hydrogens (tertiary/aromatic N) is 1. The molecule has 2 aromatic carbocycles. The number of rotatable bonds is 8. The van der Waals surface area contributed by atoms with E-state index in [4.69, 9.17) is 15.2 Å². The summed E-state index contributed by atoms with van der Waals surface area (Å²) in [4.78, 5) is 14.5. The van der Waals surface area contributed by atoms with Crippen molar-refractivity contribution < 1.29 is 14.3 Å². The lowest BCUT2D eigenvalue weighted by molar-refractivity contribution is -0.121. The van der Waals surface area contributed by atoms with E-state index in [-0.39, 0.29) is 30.8 Å². The Hall–Kier alpha value is -2.08. The van der Waals surface area contributed by atoms with E-state index in [2.05, 4.69) is 0 Å². The second-order valence-electron chi connectivity index (χ2n) is 5.46. The number of carbonyl (C=O) groups excluding carboxylic acids is 1. The molecule has 1 amide bonds. The molecule has 0 aromatic heterocycles. The molecule has 0 aliphatic heterocycles. The Morgan fingerprint density at radius 1 is 1.08 bits per heavy atom. The lowest BCUT2D eigenvalue weighted by Crippen LogP contribution is -2.35. The van der Waals surface area contributed by atoms with Crippen LogP contribution < -0.4 is 15.4 Å². The molecular weight excluding hydrogens is 340 g/mol. The van der Waals surface area contributed by atoms with Gasteiger partial charge < -0.3 is 20.1 Å². The summed E-state index contributed by atoms with van der Waals surface area (Å²) in [6.07, 6.45) is -0.0414. The van der Waals surface area contributed by atoms with Crippen LogP contribution in [0.4, 0.5) is 5.69 Å². The van der Waals surface area contributed by atoms with E-state index >= 15 is 0 Å². The Bertz CT molecular complexity index is 631. The molecule has 0 fully saturated rings. The fraction of sp³-hybridized carbons (Fsp3) is 0.316. The number of amides is 1. The van der Waals surface area contributed by atoms with Gasteiger partial charge in [-0.2, -0.15) is 0 Å². The summed E-state index contributed by atoms with van der Waals surface area (Å²) in [5, 5.41) is 0. The van der Waals surface area contributed by atoms with E-state index in [0.29, 0.717) is 13.1 Å². The van der Waals surface area contributed by atoms with Crippen LogP contribution in [0.3, 0.4) is 0 Å². The van der Waals surface area contributed by atoms with Crippen molar-refractivity contribution in [2.75, 3.05) is 25.7 Å². The molecule has 6 heteroatoms. The van der Waals surface area contributed by atoms with Gasteiger partial charge in [-0.05, 0) is 29.8 Å². The van der Waals surface area contributed by atoms with E-state index in [0.717, 1.165) is 17.0 Å². The normalized spacial score (nSPS) is 11.3. The van der Waals surface area contributed by atoms with Crippen LogP contribution in [-0.2, 0) is 16.1 Å². The molecule has 0 radical (unpaired) electrons. The molecule has 5 nitrogen and oxygen atoms in total. The number of methoxy groups -OCH3 is 2. The largest absolute Gasteiger partial charge is 0.497 e. The quantitative estimate of drug-likeness (QED) is 0.782. The lowest BCUT2D eigenvalue weighted by atomic mass is 10.1. The molecule has 2 rings (SSSR count). The average molecular weight is 365 g/mol. The van der Waals surface area contributed by atoms with Crippen LogP contribution in [0, 0.1) is 0 Å². The van der Waals surface area contributed by atoms with Crippen molar-refractivity contribution >= 4 is 24.0 Å². The van der Waals surface area contributed by atoms with E-state index in [1.807, 2.05) is 54.6 Å². The maximum atomic E-state index is 12.8. The third-order valence-electron chi connectivity index (χ3n) is 3.87. The number of hydrogen-bond acceptors (Lipinski definition) is 4. The smallest absolute Gasteiger partial charge is 0.229 e. The maximum absolute atomic E-state index is 12.8. The van der Waals surface area contributed by atoms with Gasteiger partial charge in [0, 0.05) is 19.3 Å². The minimum absolute atomic E-state index is 0. The first kappa shape index (κ1) is 21.0. The number of hydrogen-bond donors (Lipinski definition) is 1. The molecule has 0 saturated heterocycles. The third kappa shape index (κ3) is 6.05. The second-order valence-corrected chi connectivity index (χ2v) is 5.46. The van der Waals surface area contributed by atoms with Gasteiger partial charge in [0.05, 0.1) is 26.2 Å². The zero-order valence-corrected chi connectivity index (χ0v) is 15.4. The van der Waals surface area contributed by atoms with Crippen molar-refractivity contribution in [2.24, 2.45) is 5.73 Å². The van der Waals surface area contributed by atoms with Gasteiger partial charge in [-0.1, -0.05) is 30.3 Å². The molecule has 0 saturated carbocycles. The summed E-state index contributed by atoms with van der Waals surface area (Å²) in [5.74, 6) is 0.726. The highest BCUT2D eigenvalue weighted by Crippen LogP contribution is 2.22. The highest BCUT2D eigenvalue weighted by atomic mass is 35.5. The Morgan fingerprint density at radius 2 is 1.72 bits per heavy atom. The number of benzene rings is 2. The summed E-state index contributed by atoms with van der Waals surface area (Å²) in [6.45, 7) is 0.803. The minimum atomic E-state index is -0.283. The summed E-state index contributed by atoms with van der Waals surface area (Å²) in [7, 11) is 3.19. The van der Waals surface area contributed by atoms with Gasteiger partial charge in [0.25, 0.3) is 0 Å². The van der Waals surface area contributed by atoms with Crippen molar-refractivity contribution in [3.8, 4) is 5.75 Å². The minimum Gasteiger partial charge on any atom is -0.497 e. The van der Waals surface area contributed by atoms with Crippen LogP contribution in [0.2, 0.25) is 0 Å². The third-order valence-corrected chi connectivity index (χ3v) is 3.87. The average Bonchev–Trinajstić information content (AvgIpc) is 2.65. The number of nitrogens with two attached hydrogens (primary N) is 1. The fourth-order valence-corrected chi connectivity index (χ4v) is 2.42. The lowest BCUT2D eigenvalue weighted by Gasteiger charge is -2.25. The first-order chi connectivity index (χ1) is 11.7. The van der Waals surface area contributed by atoms with Crippen LogP contribution >= 0.6 is 12.4 Å². The molecule has 25 heavy (non-hydrogen) atoms. The first-order valence-corrected chi connectivity index (χ1v) is 7.89. The predicted molar refractivity (Wildman–Crippen MR) is 102 cm³/mol. The summed E-state index contributed by atoms with van der Waals surface area (Å²) >= 11 is 0. The molecule has 0 heterocycles. The Kier molecular flexibility index (Phi) is 8.99. The predicted octanol–water partition coefficient (Wildman–Crippen LogP) is 3.01. The van der Waals surface area contributed by atoms with Crippen LogP contribution in [0.1, 0.15) is 12.0 Å². The molecule has 2 N–H and O–H groups in total. The standard InChI is InChI=1S/C19H24N2O3.ClH/c1-23-17-10-8-16(9-11-17)21(14-15-6-4-3-5-7-15)19(22)12-18(13-20)24-2;/h3-11,18H,12-14,20H2,1-2H3;1H. The molecule has 2 aromatic rings. The van der Waals surface area contributed by atoms with Crippen LogP contribution in [0.25, 0.3) is 0 Å². The van der Waals surface area contributed by atoms with Gasteiger partial charge in [0.2, 0.25) is 5.91 Å². The molecule has 0 spiro atoms. The highest BCUT2D eigenvalue weighted by Gasteiger charge is 2.20. The zero-order valence-electron chi connectivity index (χ0n) is 14.6. The fourth-order valence-electron chi connectivity index (χ4n) is 2.42. The van der Waals surface area contributed by atoms with E-state index in [1.54, 1.807) is 19.1 Å². The van der Waals surface area contributed by atoms with Crippen molar-refractivity contribution in [3.63, 3.8) is 0 Å². The molecule has 0 bridgehead atoms. The number of halogens is 1. The SMILES string of the molecule is COc1ccc(N(Cc2ccccc2)C(=O)CC(CN)OC)cc1.Cl. The summed E-state index contributed by atoms with van der Waals surface area (Å²) in [6, 6.07) is 17.3. The molecule has 1 atom stereocenters. The first-order valence-electron chi connectivity index (χ1n) is 7.89. The van der Waals surface area contributed by atoms with E-state index in [9.17, 15) is 4.79 Å². The molecular formula is C19H25ClN2O3. The summed E-state index contributed by atoms with van der Waals surface area (Å²) in [5.41, 5.74) is 7.52. The molecule has 136 valence electrons. The van der Waals surface area contributed by atoms with Gasteiger partial charge in [0.1, 0.15) is 5.75 Å². The zero-order chi connectivity index (χ0) is 17.4. The van der Waals surface area contributed by atoms with Crippen LogP contribution in [0.15, 0.2) is 54.6 Å². The van der Waals surface area contributed by atoms with E-state index in [1.165, 1.54) is 0 Å². The van der Waals surface area contributed by atoms with Gasteiger partial charge in [-0.3, -0.25) is 4.79 Å². The number of ether oxygens (including phenoxy) is 2. The van der Waals surface area contributed by atoms with Crippen molar-refractivity contribution in [3.05, 3.63) is 60.2 Å². The molecule has 0 aliphatic rings. The van der Waals surface area contributed by atoms with Crippen molar-refractivity contribution in [1.29, 1.82) is 0 Å². The molecule has 0 aliphatic carbocycles. The monoisotopic (exact) mass is 364 g/mol. The van der Waals surface area contributed by atoms with Gasteiger partial charge in [-0.25, -0.2) is 0 Å². The van der Waals surface area contributed by atoms with Gasteiger partial charge in [0.15, 0.2) is 0 Å². The van der Waals surface area contributed by atoms with E-state index < -0.39 is 0 Å². The Labute approximate surface area is 155 Å². The highest BCUT2D eigenvalue weighted by molar-refractivity contribution is 5.93. The van der Waals surface area contributed by atoms with Crippen LogP contribution in [0.5, 0.6) is 5.75 Å². The van der Waals surface area contributed by atoms with Crippen LogP contribution in [-0.4, -0.2) is 32.8 Å². The van der Waals surface area contributed by atoms with Gasteiger partial charge in [-0.15, -0.1) is 12.4 Å². The second kappa shape index (κ2) is 10.7. The van der Waals surface area contributed by atoms with Crippen molar-refractivity contribution in [2.45, 2.75) is 19.1 Å².